The molecule has 2 N–H and O–H groups in total. The van der Waals surface area contributed by atoms with Crippen LogP contribution in [0.15, 0.2) is 10.9 Å². The number of aromatic amines is 1. The number of H-pyrrole nitrogens is 1. The molecule has 1 unspecified atom stereocenters. The summed E-state index contributed by atoms with van der Waals surface area (Å²) in [5, 5.41) is 8.79. The standard InChI is InChI=1S/C10H14N2O3/c1-5(2)7-4-8(13)12-9(11-7)6(3)10(14)15/h4-6H,1-3H3,(H,14,15)(H,11,12,13). The number of aliphatic carboxylic acids is 1. The third kappa shape index (κ3) is 2.65. The van der Waals surface area contributed by atoms with Crippen LogP contribution < -0.4 is 5.56 Å². The fourth-order valence-electron chi connectivity index (χ4n) is 1.11. The summed E-state index contributed by atoms with van der Waals surface area (Å²) in [6.45, 7) is 5.29. The molecule has 0 aliphatic rings. The number of hydrogen-bond donors (Lipinski definition) is 2. The van der Waals surface area contributed by atoms with Crippen LogP contribution in [0.25, 0.3) is 0 Å². The highest BCUT2D eigenvalue weighted by Crippen LogP contribution is 2.13. The average Bonchev–Trinajstić information content (AvgIpc) is 2.15. The molecule has 82 valence electrons. The van der Waals surface area contributed by atoms with Crippen LogP contribution in [0.4, 0.5) is 0 Å². The van der Waals surface area contributed by atoms with Crippen LogP contribution in [0.5, 0.6) is 0 Å². The van der Waals surface area contributed by atoms with Gasteiger partial charge in [0.2, 0.25) is 0 Å². The SMILES string of the molecule is CC(C)c1cc(=O)[nH]c(C(C)C(=O)O)n1. The number of carboxylic acid groups (broad SMARTS) is 1. The van der Waals surface area contributed by atoms with Gasteiger partial charge in [-0.3, -0.25) is 9.59 Å². The van der Waals surface area contributed by atoms with E-state index >= 15 is 0 Å². The maximum absolute atomic E-state index is 11.3. The molecule has 0 saturated carbocycles. The summed E-state index contributed by atoms with van der Waals surface area (Å²) in [6, 6.07) is 1.39. The number of nitrogens with zero attached hydrogens (tertiary/aromatic N) is 1. The lowest BCUT2D eigenvalue weighted by Gasteiger charge is -2.09. The van der Waals surface area contributed by atoms with Crippen LogP contribution in [-0.4, -0.2) is 21.0 Å². The van der Waals surface area contributed by atoms with E-state index in [9.17, 15) is 9.59 Å². The average molecular weight is 210 g/mol. The Morgan fingerprint density at radius 3 is 2.53 bits per heavy atom. The zero-order valence-corrected chi connectivity index (χ0v) is 8.94. The molecule has 15 heavy (non-hydrogen) atoms. The molecule has 0 bridgehead atoms. The first-order valence-electron chi connectivity index (χ1n) is 4.75. The lowest BCUT2D eigenvalue weighted by molar-refractivity contribution is -0.138. The van der Waals surface area contributed by atoms with Gasteiger partial charge >= 0.3 is 5.97 Å². The van der Waals surface area contributed by atoms with Gasteiger partial charge in [-0.15, -0.1) is 0 Å². The monoisotopic (exact) mass is 210 g/mol. The molecular formula is C10H14N2O3. The van der Waals surface area contributed by atoms with E-state index in [2.05, 4.69) is 9.97 Å². The largest absolute Gasteiger partial charge is 0.481 e. The Labute approximate surface area is 87.2 Å². The molecule has 0 saturated heterocycles. The second-order valence-electron chi connectivity index (χ2n) is 3.77. The first kappa shape index (κ1) is 11.4. The van der Waals surface area contributed by atoms with Crippen molar-refractivity contribution < 1.29 is 9.90 Å². The van der Waals surface area contributed by atoms with Crippen LogP contribution in [0, 0.1) is 0 Å². The number of carbonyl (C=O) groups is 1. The van der Waals surface area contributed by atoms with E-state index in [0.29, 0.717) is 5.69 Å². The van der Waals surface area contributed by atoms with Gasteiger partial charge in [-0.1, -0.05) is 13.8 Å². The van der Waals surface area contributed by atoms with Crippen LogP contribution in [0.1, 0.15) is 44.1 Å². The summed E-state index contributed by atoms with van der Waals surface area (Å²) in [5.41, 5.74) is 0.304. The minimum atomic E-state index is -1.00. The summed E-state index contributed by atoms with van der Waals surface area (Å²) < 4.78 is 0. The first-order valence-corrected chi connectivity index (χ1v) is 4.75. The molecule has 0 aliphatic heterocycles. The summed E-state index contributed by atoms with van der Waals surface area (Å²) >= 11 is 0. The molecule has 1 aromatic rings. The van der Waals surface area contributed by atoms with Crippen molar-refractivity contribution in [2.75, 3.05) is 0 Å². The summed E-state index contributed by atoms with van der Waals surface area (Å²) in [7, 11) is 0. The fraction of sp³-hybridized carbons (Fsp3) is 0.500. The van der Waals surface area contributed by atoms with Gasteiger partial charge in [-0.2, -0.15) is 0 Å². The zero-order chi connectivity index (χ0) is 11.6. The van der Waals surface area contributed by atoms with Gasteiger partial charge < -0.3 is 10.1 Å². The van der Waals surface area contributed by atoms with Crippen LogP contribution in [0.2, 0.25) is 0 Å². The molecule has 0 aliphatic carbocycles. The number of aromatic nitrogens is 2. The van der Waals surface area contributed by atoms with Crippen LogP contribution in [0.3, 0.4) is 0 Å². The molecular weight excluding hydrogens is 196 g/mol. The predicted octanol–water partition coefficient (Wildman–Crippen LogP) is 1.08. The van der Waals surface area contributed by atoms with Gasteiger partial charge in [-0.25, -0.2) is 4.98 Å². The van der Waals surface area contributed by atoms with E-state index in [0.717, 1.165) is 0 Å². The normalized spacial score (nSPS) is 12.8. The third-order valence-electron chi connectivity index (χ3n) is 2.15. The van der Waals surface area contributed by atoms with E-state index in [1.807, 2.05) is 13.8 Å². The Bertz CT molecular complexity index is 423. The Morgan fingerprint density at radius 2 is 2.07 bits per heavy atom. The molecule has 1 heterocycles. The van der Waals surface area contributed by atoms with Crippen molar-refractivity contribution in [3.63, 3.8) is 0 Å². The quantitative estimate of drug-likeness (QED) is 0.782. The second kappa shape index (κ2) is 4.25. The minimum absolute atomic E-state index is 0.104. The molecule has 0 aromatic carbocycles. The van der Waals surface area contributed by atoms with Gasteiger partial charge in [-0.05, 0) is 12.8 Å². The van der Waals surface area contributed by atoms with E-state index in [1.54, 1.807) is 0 Å². The molecule has 1 rings (SSSR count). The number of carboxylic acids is 1. The Morgan fingerprint density at radius 1 is 1.47 bits per heavy atom. The van der Waals surface area contributed by atoms with E-state index in [1.165, 1.54) is 13.0 Å². The van der Waals surface area contributed by atoms with Crippen LogP contribution >= 0.6 is 0 Å². The molecule has 0 fully saturated rings. The molecule has 0 spiro atoms. The van der Waals surface area contributed by atoms with Crippen molar-refractivity contribution in [1.82, 2.24) is 9.97 Å². The molecule has 0 amide bonds. The fourth-order valence-corrected chi connectivity index (χ4v) is 1.11. The Balaban J connectivity index is 3.20. The number of rotatable bonds is 3. The number of hydrogen-bond acceptors (Lipinski definition) is 3. The summed E-state index contributed by atoms with van der Waals surface area (Å²) in [6.07, 6.45) is 0. The van der Waals surface area contributed by atoms with Gasteiger partial charge in [0.05, 0.1) is 5.69 Å². The van der Waals surface area contributed by atoms with Crippen LogP contribution in [-0.2, 0) is 4.79 Å². The lowest BCUT2D eigenvalue weighted by atomic mass is 10.1. The number of nitrogens with one attached hydrogen (secondary N) is 1. The van der Waals surface area contributed by atoms with Crippen molar-refractivity contribution >= 4 is 5.97 Å². The van der Waals surface area contributed by atoms with E-state index < -0.39 is 11.9 Å². The third-order valence-corrected chi connectivity index (χ3v) is 2.15. The maximum Gasteiger partial charge on any atom is 0.313 e. The molecule has 1 aromatic heterocycles. The smallest absolute Gasteiger partial charge is 0.313 e. The van der Waals surface area contributed by atoms with Crippen molar-refractivity contribution in [2.24, 2.45) is 0 Å². The highest BCUT2D eigenvalue weighted by Gasteiger charge is 2.17. The van der Waals surface area contributed by atoms with Crippen molar-refractivity contribution in [3.05, 3.63) is 27.9 Å². The Kier molecular flexibility index (Phi) is 3.24. The molecule has 1 atom stereocenters. The van der Waals surface area contributed by atoms with Crippen molar-refractivity contribution in [1.29, 1.82) is 0 Å². The van der Waals surface area contributed by atoms with Gasteiger partial charge in [0, 0.05) is 6.07 Å². The molecule has 5 heteroatoms. The van der Waals surface area contributed by atoms with Gasteiger partial charge in [0.1, 0.15) is 11.7 Å². The predicted molar refractivity (Wildman–Crippen MR) is 55.0 cm³/mol. The zero-order valence-electron chi connectivity index (χ0n) is 8.94. The lowest BCUT2D eigenvalue weighted by Crippen LogP contribution is -2.19. The van der Waals surface area contributed by atoms with Crippen molar-refractivity contribution in [3.8, 4) is 0 Å². The maximum atomic E-state index is 11.3. The highest BCUT2D eigenvalue weighted by atomic mass is 16.4. The van der Waals surface area contributed by atoms with Gasteiger partial charge in [0.25, 0.3) is 5.56 Å². The highest BCUT2D eigenvalue weighted by molar-refractivity contribution is 5.74. The molecule has 5 nitrogen and oxygen atoms in total. The summed E-state index contributed by atoms with van der Waals surface area (Å²) in [4.78, 5) is 28.5. The van der Waals surface area contributed by atoms with E-state index in [-0.39, 0.29) is 17.3 Å². The topological polar surface area (TPSA) is 83.0 Å². The molecule has 0 radical (unpaired) electrons. The van der Waals surface area contributed by atoms with E-state index in [4.69, 9.17) is 5.11 Å². The summed E-state index contributed by atoms with van der Waals surface area (Å²) in [5.74, 6) is -1.48. The van der Waals surface area contributed by atoms with Crippen molar-refractivity contribution in [2.45, 2.75) is 32.6 Å². The minimum Gasteiger partial charge on any atom is -0.481 e. The Hall–Kier alpha value is -1.65. The first-order chi connectivity index (χ1) is 6.91. The van der Waals surface area contributed by atoms with Gasteiger partial charge in [0.15, 0.2) is 0 Å². The second-order valence-corrected chi connectivity index (χ2v) is 3.77.